The molecule has 0 atom stereocenters. The van der Waals surface area contributed by atoms with E-state index in [2.05, 4.69) is 30.7 Å². The molecule has 2 aromatic carbocycles. The number of nitrogens with one attached hydrogen (secondary N) is 2. The summed E-state index contributed by atoms with van der Waals surface area (Å²) in [5.41, 5.74) is 5.08. The van der Waals surface area contributed by atoms with Gasteiger partial charge in [-0.05, 0) is 74.9 Å². The fourth-order valence-corrected chi connectivity index (χ4v) is 4.66. The Morgan fingerprint density at radius 3 is 1.38 bits per heavy atom. The molecule has 180 valence electrons. The first-order valence-electron chi connectivity index (χ1n) is 12.2. The van der Waals surface area contributed by atoms with E-state index in [-0.39, 0.29) is 11.8 Å². The Labute approximate surface area is 201 Å². The Morgan fingerprint density at radius 2 is 1.03 bits per heavy atom. The van der Waals surface area contributed by atoms with E-state index in [1.165, 1.54) is 26.7 Å². The standard InChI is InChI=1S/C26H34N6O2/c1-19(33)27-21-9-11-23(25(17-21)31-13-5-3-6-14-31)29-30-24-12-10-22(28-20(2)34)18-26(24)32-15-7-4-8-16-32/h9-12,17-18H,3-8,13-16H2,1-2H3,(H,27,33)(H,28,34). The van der Waals surface area contributed by atoms with Crippen LogP contribution in [0.3, 0.4) is 0 Å². The van der Waals surface area contributed by atoms with Crippen LogP contribution in [0.2, 0.25) is 0 Å². The molecule has 8 nitrogen and oxygen atoms in total. The highest BCUT2D eigenvalue weighted by molar-refractivity contribution is 5.91. The summed E-state index contributed by atoms with van der Waals surface area (Å²) in [5.74, 6) is -0.186. The molecule has 2 aliphatic rings. The van der Waals surface area contributed by atoms with Gasteiger partial charge in [-0.25, -0.2) is 0 Å². The van der Waals surface area contributed by atoms with Crippen LogP contribution in [-0.4, -0.2) is 38.0 Å². The molecule has 2 saturated heterocycles. The minimum Gasteiger partial charge on any atom is -0.370 e. The van der Waals surface area contributed by atoms with Crippen molar-refractivity contribution in [1.82, 2.24) is 0 Å². The molecule has 0 radical (unpaired) electrons. The number of amides is 2. The Bertz CT molecular complexity index is 972. The Hall–Kier alpha value is -3.42. The molecule has 34 heavy (non-hydrogen) atoms. The van der Waals surface area contributed by atoms with Gasteiger partial charge in [0.25, 0.3) is 0 Å². The quantitative estimate of drug-likeness (QED) is 0.515. The number of azo groups is 1. The molecule has 0 aromatic heterocycles. The lowest BCUT2D eigenvalue weighted by Gasteiger charge is -2.30. The zero-order chi connectivity index (χ0) is 23.9. The van der Waals surface area contributed by atoms with Crippen LogP contribution in [0.25, 0.3) is 0 Å². The number of rotatable bonds is 6. The van der Waals surface area contributed by atoms with Crippen molar-refractivity contribution in [3.05, 3.63) is 36.4 Å². The van der Waals surface area contributed by atoms with Gasteiger partial charge in [-0.3, -0.25) is 9.59 Å². The summed E-state index contributed by atoms with van der Waals surface area (Å²) < 4.78 is 0. The van der Waals surface area contributed by atoms with Crippen LogP contribution >= 0.6 is 0 Å². The summed E-state index contributed by atoms with van der Waals surface area (Å²) in [6.45, 7) is 6.90. The van der Waals surface area contributed by atoms with Gasteiger partial charge in [0.2, 0.25) is 11.8 Å². The Kier molecular flexibility index (Phi) is 7.77. The van der Waals surface area contributed by atoms with Gasteiger partial charge in [-0.1, -0.05) is 0 Å². The lowest BCUT2D eigenvalue weighted by atomic mass is 10.1. The second-order valence-electron chi connectivity index (χ2n) is 9.06. The molecule has 2 N–H and O–H groups in total. The van der Waals surface area contributed by atoms with Gasteiger partial charge in [0.05, 0.1) is 11.4 Å². The highest BCUT2D eigenvalue weighted by Crippen LogP contribution is 2.38. The van der Waals surface area contributed by atoms with Gasteiger partial charge in [0.15, 0.2) is 0 Å². The summed E-state index contributed by atoms with van der Waals surface area (Å²) in [5, 5.41) is 15.1. The molecule has 0 saturated carbocycles. The molecule has 0 unspecified atom stereocenters. The lowest BCUT2D eigenvalue weighted by Crippen LogP contribution is -2.29. The zero-order valence-corrected chi connectivity index (χ0v) is 20.1. The summed E-state index contributed by atoms with van der Waals surface area (Å²) >= 11 is 0. The first kappa shape index (κ1) is 23.7. The predicted molar refractivity (Wildman–Crippen MR) is 138 cm³/mol. The summed E-state index contributed by atoms with van der Waals surface area (Å²) in [7, 11) is 0. The van der Waals surface area contributed by atoms with Crippen molar-refractivity contribution < 1.29 is 9.59 Å². The Balaban J connectivity index is 1.67. The third-order valence-electron chi connectivity index (χ3n) is 6.25. The summed E-state index contributed by atoms with van der Waals surface area (Å²) in [6, 6.07) is 11.6. The molecular formula is C26H34N6O2. The fourth-order valence-electron chi connectivity index (χ4n) is 4.66. The molecule has 2 fully saturated rings. The molecule has 2 aliphatic heterocycles. The van der Waals surface area contributed by atoms with E-state index in [1.54, 1.807) is 0 Å². The highest BCUT2D eigenvalue weighted by atomic mass is 16.2. The topological polar surface area (TPSA) is 89.4 Å². The smallest absolute Gasteiger partial charge is 0.221 e. The van der Waals surface area contributed by atoms with E-state index in [0.29, 0.717) is 0 Å². The van der Waals surface area contributed by atoms with Gasteiger partial charge < -0.3 is 20.4 Å². The second-order valence-corrected chi connectivity index (χ2v) is 9.06. The van der Waals surface area contributed by atoms with Crippen molar-refractivity contribution in [2.45, 2.75) is 52.4 Å². The average molecular weight is 463 g/mol. The largest absolute Gasteiger partial charge is 0.370 e. The average Bonchev–Trinajstić information content (AvgIpc) is 2.84. The zero-order valence-electron chi connectivity index (χ0n) is 20.1. The molecular weight excluding hydrogens is 428 g/mol. The molecule has 4 rings (SSSR count). The highest BCUT2D eigenvalue weighted by Gasteiger charge is 2.18. The summed E-state index contributed by atoms with van der Waals surface area (Å²) in [6.07, 6.45) is 7.04. The van der Waals surface area contributed by atoms with Gasteiger partial charge >= 0.3 is 0 Å². The van der Waals surface area contributed by atoms with Gasteiger partial charge in [-0.2, -0.15) is 0 Å². The van der Waals surface area contributed by atoms with E-state index in [1.807, 2.05) is 36.4 Å². The molecule has 8 heteroatoms. The number of anilines is 4. The van der Waals surface area contributed by atoms with Crippen molar-refractivity contribution in [3.8, 4) is 0 Å². The van der Waals surface area contributed by atoms with Crippen LogP contribution < -0.4 is 20.4 Å². The molecule has 2 heterocycles. The van der Waals surface area contributed by atoms with Crippen molar-refractivity contribution >= 4 is 45.9 Å². The third-order valence-corrected chi connectivity index (χ3v) is 6.25. The lowest BCUT2D eigenvalue weighted by molar-refractivity contribution is -0.115. The van der Waals surface area contributed by atoms with E-state index in [0.717, 1.165) is 86.0 Å². The van der Waals surface area contributed by atoms with Crippen LogP contribution in [0.15, 0.2) is 46.6 Å². The SMILES string of the molecule is CC(=O)Nc1ccc(N=Nc2ccc(NC(C)=O)cc2N2CCCCC2)c(N2CCCCC2)c1. The predicted octanol–water partition coefficient (Wildman–Crippen LogP) is 6.00. The van der Waals surface area contributed by atoms with E-state index in [9.17, 15) is 9.59 Å². The number of nitrogens with zero attached hydrogens (tertiary/aromatic N) is 4. The van der Waals surface area contributed by atoms with Crippen LogP contribution in [0, 0.1) is 0 Å². The fraction of sp³-hybridized carbons (Fsp3) is 0.462. The number of carbonyl (C=O) groups is 2. The minimum atomic E-state index is -0.0931. The van der Waals surface area contributed by atoms with Gasteiger partial charge in [-0.15, -0.1) is 10.2 Å². The van der Waals surface area contributed by atoms with Crippen molar-refractivity contribution in [3.63, 3.8) is 0 Å². The number of benzene rings is 2. The maximum absolute atomic E-state index is 11.6. The molecule has 0 bridgehead atoms. The first-order chi connectivity index (χ1) is 16.5. The van der Waals surface area contributed by atoms with Crippen LogP contribution in [0.4, 0.5) is 34.1 Å². The maximum Gasteiger partial charge on any atom is 0.221 e. The van der Waals surface area contributed by atoms with Gasteiger partial charge in [0, 0.05) is 51.4 Å². The molecule has 2 amide bonds. The second kappa shape index (κ2) is 11.1. The number of hydrogen-bond acceptors (Lipinski definition) is 6. The molecule has 0 aliphatic carbocycles. The summed E-state index contributed by atoms with van der Waals surface area (Å²) in [4.78, 5) is 27.8. The van der Waals surface area contributed by atoms with E-state index < -0.39 is 0 Å². The first-order valence-corrected chi connectivity index (χ1v) is 12.2. The van der Waals surface area contributed by atoms with Crippen molar-refractivity contribution in [2.75, 3.05) is 46.6 Å². The van der Waals surface area contributed by atoms with E-state index in [4.69, 9.17) is 0 Å². The maximum atomic E-state index is 11.6. The normalized spacial score (nSPS) is 16.5. The van der Waals surface area contributed by atoms with Gasteiger partial charge in [0.1, 0.15) is 11.4 Å². The third kappa shape index (κ3) is 6.12. The monoisotopic (exact) mass is 462 g/mol. The van der Waals surface area contributed by atoms with Crippen LogP contribution in [-0.2, 0) is 9.59 Å². The number of carbonyl (C=O) groups excluding carboxylic acids is 2. The minimum absolute atomic E-state index is 0.0931. The van der Waals surface area contributed by atoms with E-state index >= 15 is 0 Å². The number of hydrogen-bond donors (Lipinski definition) is 2. The Morgan fingerprint density at radius 1 is 0.647 bits per heavy atom. The van der Waals surface area contributed by atoms with Crippen LogP contribution in [0.1, 0.15) is 52.4 Å². The van der Waals surface area contributed by atoms with Crippen molar-refractivity contribution in [2.24, 2.45) is 10.2 Å². The molecule has 2 aromatic rings. The van der Waals surface area contributed by atoms with Crippen molar-refractivity contribution in [1.29, 1.82) is 0 Å². The number of piperidine rings is 2. The molecule has 0 spiro atoms. The van der Waals surface area contributed by atoms with Crippen LogP contribution in [0.5, 0.6) is 0 Å².